The number of rotatable bonds is 10. The molecular weight excluding hydrogens is 619 g/mol. The van der Waals surface area contributed by atoms with Gasteiger partial charge in [0, 0.05) is 35.9 Å². The molecule has 0 bridgehead atoms. The van der Waals surface area contributed by atoms with Gasteiger partial charge in [-0.1, -0.05) is 11.6 Å². The Kier molecular flexibility index (Phi) is 12.5. The topological polar surface area (TPSA) is 157 Å². The van der Waals surface area contributed by atoms with Gasteiger partial charge in [-0.25, -0.2) is 8.42 Å². The molecule has 1 heterocycles. The first-order valence-electron chi connectivity index (χ1n) is 13.2. The summed E-state index contributed by atoms with van der Waals surface area (Å²) in [5, 5.41) is 12.2. The summed E-state index contributed by atoms with van der Waals surface area (Å²) in [7, 11) is -4.25. The summed E-state index contributed by atoms with van der Waals surface area (Å²) in [6, 6.07) is 15.1. The molecule has 0 saturated carbocycles. The van der Waals surface area contributed by atoms with Crippen molar-refractivity contribution < 1.29 is 61.8 Å². The van der Waals surface area contributed by atoms with E-state index in [-0.39, 0.29) is 62.9 Å². The van der Waals surface area contributed by atoms with E-state index in [1.807, 2.05) is 6.07 Å². The standard InChI is InChI=1S/C30H29ClN4O7S.Na/c1-19-11-21(16-32)14-22(12-19)30(38)25-15-23(31)3-6-27(25)42-18-29(37)33-26-5-4-24(13-20(26)2)43(39,40)34-28(36)17-35-7-9-41-10-8-35;/h3-6,11-15H,7-10,17-18H2,1-2H3,(H2,33,34,36,37);/q;+1/p-1. The van der Waals surface area contributed by atoms with Gasteiger partial charge in [-0.15, -0.1) is 0 Å². The Labute approximate surface area is 282 Å². The van der Waals surface area contributed by atoms with Crippen LogP contribution in [-0.4, -0.2) is 70.4 Å². The van der Waals surface area contributed by atoms with Crippen molar-refractivity contribution in [2.24, 2.45) is 0 Å². The molecule has 1 fully saturated rings. The number of carbonyl (C=O) groups excluding carboxylic acids is 3. The quantitative estimate of drug-likeness (QED) is 0.251. The number of morpholine rings is 1. The predicted octanol–water partition coefficient (Wildman–Crippen LogP) is 1.00. The molecule has 11 nitrogen and oxygen atoms in total. The van der Waals surface area contributed by atoms with Crippen LogP contribution in [0.2, 0.25) is 5.02 Å². The van der Waals surface area contributed by atoms with Gasteiger partial charge < -0.3 is 24.3 Å². The number of aryl methyl sites for hydroxylation is 2. The van der Waals surface area contributed by atoms with Gasteiger partial charge in [0.1, 0.15) is 15.8 Å². The Bertz CT molecular complexity index is 1720. The van der Waals surface area contributed by atoms with E-state index in [1.54, 1.807) is 30.9 Å². The molecule has 1 N–H and O–H groups in total. The molecule has 3 aromatic carbocycles. The molecule has 44 heavy (non-hydrogen) atoms. The van der Waals surface area contributed by atoms with Gasteiger partial charge in [0.2, 0.25) is 0 Å². The maximum atomic E-state index is 13.3. The number of hydrogen-bond acceptors (Lipinski definition) is 9. The Balaban J connectivity index is 0.00000529. The normalized spacial score (nSPS) is 13.2. The molecule has 0 radical (unpaired) electrons. The molecule has 0 aromatic heterocycles. The molecule has 4 rings (SSSR count). The second kappa shape index (κ2) is 15.6. The number of ketones is 1. The van der Waals surface area contributed by atoms with Crippen LogP contribution < -0.4 is 39.6 Å². The molecule has 1 aliphatic rings. The molecule has 3 aromatic rings. The van der Waals surface area contributed by atoms with Crippen molar-refractivity contribution in [3.8, 4) is 11.8 Å². The summed E-state index contributed by atoms with van der Waals surface area (Å²) in [4.78, 5) is 39.8. The SMILES string of the molecule is Cc1cc(C#N)cc(C(=O)c2cc(Cl)ccc2OCC(=O)Nc2ccc(S(=O)(=O)[N-]C(=O)CN3CCOCC3)cc2C)c1.[Na+]. The van der Waals surface area contributed by atoms with E-state index < -0.39 is 34.2 Å². The van der Waals surface area contributed by atoms with E-state index in [0.717, 1.165) is 5.56 Å². The number of ether oxygens (including phenoxy) is 2. The van der Waals surface area contributed by atoms with E-state index >= 15 is 0 Å². The van der Waals surface area contributed by atoms with Crippen molar-refractivity contribution in [3.63, 3.8) is 0 Å². The summed E-state index contributed by atoms with van der Waals surface area (Å²) >= 11 is 6.13. The smallest absolute Gasteiger partial charge is 0.541 e. The molecule has 1 aliphatic heterocycles. The number of amides is 2. The van der Waals surface area contributed by atoms with Crippen molar-refractivity contribution in [1.29, 1.82) is 5.26 Å². The third-order valence-electron chi connectivity index (χ3n) is 6.47. The summed E-state index contributed by atoms with van der Waals surface area (Å²) < 4.78 is 39.7. The van der Waals surface area contributed by atoms with Crippen molar-refractivity contribution in [3.05, 3.63) is 92.2 Å². The molecule has 2 amide bonds. The minimum atomic E-state index is -4.25. The van der Waals surface area contributed by atoms with Gasteiger partial charge in [-0.3, -0.25) is 14.5 Å². The number of benzene rings is 3. The zero-order valence-corrected chi connectivity index (χ0v) is 28.0. The minimum absolute atomic E-state index is 0. The maximum absolute atomic E-state index is 13.3. The van der Waals surface area contributed by atoms with Gasteiger partial charge >= 0.3 is 29.6 Å². The minimum Gasteiger partial charge on any atom is -0.541 e. The van der Waals surface area contributed by atoms with Crippen LogP contribution in [0.4, 0.5) is 5.69 Å². The van der Waals surface area contributed by atoms with Crippen molar-refractivity contribution in [2.45, 2.75) is 18.7 Å². The largest absolute Gasteiger partial charge is 1.00 e. The van der Waals surface area contributed by atoms with Crippen LogP contribution in [0.3, 0.4) is 0 Å². The van der Waals surface area contributed by atoms with Crippen LogP contribution >= 0.6 is 11.6 Å². The monoisotopic (exact) mass is 646 g/mol. The number of carbonyl (C=O) groups is 3. The van der Waals surface area contributed by atoms with E-state index in [0.29, 0.717) is 43.1 Å². The van der Waals surface area contributed by atoms with E-state index in [9.17, 15) is 28.1 Å². The van der Waals surface area contributed by atoms with Crippen LogP contribution in [0.5, 0.6) is 5.75 Å². The third-order valence-corrected chi connectivity index (χ3v) is 8.00. The molecule has 0 spiro atoms. The average molecular weight is 647 g/mol. The summed E-state index contributed by atoms with van der Waals surface area (Å²) in [6.07, 6.45) is 0. The van der Waals surface area contributed by atoms with E-state index in [1.165, 1.54) is 42.5 Å². The number of nitriles is 1. The Hall–Kier alpha value is -3.28. The molecule has 0 atom stereocenters. The first-order valence-corrected chi connectivity index (χ1v) is 15.0. The Morgan fingerprint density at radius 3 is 2.48 bits per heavy atom. The van der Waals surface area contributed by atoms with Crippen LogP contribution in [-0.2, 0) is 24.3 Å². The average Bonchev–Trinajstić information content (AvgIpc) is 2.96. The fourth-order valence-corrected chi connectivity index (χ4v) is 5.54. The van der Waals surface area contributed by atoms with Crippen molar-refractivity contribution >= 4 is 44.9 Å². The molecule has 0 aliphatic carbocycles. The van der Waals surface area contributed by atoms with Gasteiger partial charge in [0.25, 0.3) is 5.91 Å². The number of hydrogen-bond donors (Lipinski definition) is 1. The maximum Gasteiger partial charge on any atom is 1.00 e. The number of anilines is 1. The Morgan fingerprint density at radius 1 is 1.07 bits per heavy atom. The van der Waals surface area contributed by atoms with Gasteiger partial charge in [-0.2, -0.15) is 5.26 Å². The zero-order chi connectivity index (χ0) is 31.1. The summed E-state index contributed by atoms with van der Waals surface area (Å²) in [5.74, 6) is -1.66. The number of nitrogens with zero attached hydrogens (tertiary/aromatic N) is 3. The molecule has 224 valence electrons. The molecule has 1 saturated heterocycles. The Morgan fingerprint density at radius 2 is 1.80 bits per heavy atom. The van der Waals surface area contributed by atoms with Gasteiger partial charge in [0.05, 0.1) is 41.2 Å². The van der Waals surface area contributed by atoms with Crippen LogP contribution in [0, 0.1) is 25.2 Å². The second-order valence-electron chi connectivity index (χ2n) is 9.83. The zero-order valence-electron chi connectivity index (χ0n) is 24.4. The number of halogens is 1. The van der Waals surface area contributed by atoms with Crippen molar-refractivity contribution in [2.75, 3.05) is 44.8 Å². The molecular formula is C30H28ClN4NaO7S. The molecule has 14 heteroatoms. The number of nitrogens with one attached hydrogen (secondary N) is 1. The van der Waals surface area contributed by atoms with Crippen LogP contribution in [0.15, 0.2) is 59.5 Å². The van der Waals surface area contributed by atoms with Gasteiger partial charge in [0.15, 0.2) is 12.4 Å². The van der Waals surface area contributed by atoms with Crippen LogP contribution in [0.25, 0.3) is 4.72 Å². The van der Waals surface area contributed by atoms with E-state index in [4.69, 9.17) is 21.1 Å². The van der Waals surface area contributed by atoms with E-state index in [2.05, 4.69) is 10.0 Å². The second-order valence-corrected chi connectivity index (χ2v) is 11.9. The summed E-state index contributed by atoms with van der Waals surface area (Å²) in [6.45, 7) is 4.74. The van der Waals surface area contributed by atoms with Crippen LogP contribution in [0.1, 0.15) is 32.6 Å². The molecule has 0 unspecified atom stereocenters. The first kappa shape index (κ1) is 35.2. The fraction of sp³-hybridized carbons (Fsp3) is 0.267. The number of sulfonamides is 1. The fourth-order valence-electron chi connectivity index (χ4n) is 4.37. The first-order chi connectivity index (χ1) is 20.4. The summed E-state index contributed by atoms with van der Waals surface area (Å²) in [5.41, 5.74) is 2.19. The predicted molar refractivity (Wildman–Crippen MR) is 159 cm³/mol. The van der Waals surface area contributed by atoms with Crippen molar-refractivity contribution in [1.82, 2.24) is 4.90 Å². The van der Waals surface area contributed by atoms with Gasteiger partial charge in [-0.05, 0) is 79.6 Å². The third kappa shape index (κ3) is 9.36.